The van der Waals surface area contributed by atoms with Gasteiger partial charge < -0.3 is 14.6 Å². The molecule has 13 heteroatoms. The summed E-state index contributed by atoms with van der Waals surface area (Å²) in [5.74, 6) is -0.198. The molecule has 0 bridgehead atoms. The molecule has 0 saturated heterocycles. The van der Waals surface area contributed by atoms with Crippen LogP contribution in [-0.4, -0.2) is 35.0 Å². The number of carbonyl (C=O) groups excluding carboxylic acids is 1. The number of ether oxygens (including phenoxy) is 1. The molecule has 0 saturated carbocycles. The van der Waals surface area contributed by atoms with E-state index in [1.165, 1.54) is 49.6 Å². The average molecular weight is 571 g/mol. The van der Waals surface area contributed by atoms with E-state index in [1.807, 2.05) is 0 Å². The first-order chi connectivity index (χ1) is 18.4. The number of hydrogen-bond acceptors (Lipinski definition) is 8. The highest BCUT2D eigenvalue weighted by Gasteiger charge is 2.21. The van der Waals surface area contributed by atoms with Crippen molar-refractivity contribution in [3.8, 4) is 5.75 Å². The summed E-state index contributed by atoms with van der Waals surface area (Å²) < 4.78 is 66.5. The van der Waals surface area contributed by atoms with Crippen LogP contribution in [0.25, 0.3) is 0 Å². The van der Waals surface area contributed by atoms with Gasteiger partial charge in [-0.05, 0) is 74.9 Å². The van der Waals surface area contributed by atoms with E-state index in [0.29, 0.717) is 28.3 Å². The van der Waals surface area contributed by atoms with E-state index in [2.05, 4.69) is 19.9 Å². The minimum Gasteiger partial charge on any atom is -0.495 e. The summed E-state index contributed by atoms with van der Waals surface area (Å²) in [6, 6.07) is 16.2. The van der Waals surface area contributed by atoms with Crippen molar-refractivity contribution >= 4 is 43.2 Å². The number of rotatable bonds is 9. The molecule has 204 valence electrons. The Morgan fingerprint density at radius 2 is 1.49 bits per heavy atom. The average Bonchev–Trinajstić information content (AvgIpc) is 3.20. The summed E-state index contributed by atoms with van der Waals surface area (Å²) in [7, 11) is -6.57. The molecule has 0 atom stereocenters. The maximum absolute atomic E-state index is 13.0. The Morgan fingerprint density at radius 1 is 0.846 bits per heavy atom. The molecule has 0 aliphatic carbocycles. The number of aryl methyl sites for hydroxylation is 2. The van der Waals surface area contributed by atoms with E-state index < -0.39 is 26.0 Å². The Labute approximate surface area is 226 Å². The summed E-state index contributed by atoms with van der Waals surface area (Å²) in [4.78, 5) is 12.9. The van der Waals surface area contributed by atoms with Crippen LogP contribution in [0.3, 0.4) is 0 Å². The molecule has 0 fully saturated rings. The monoisotopic (exact) mass is 570 g/mol. The molecule has 39 heavy (non-hydrogen) atoms. The Kier molecular flexibility index (Phi) is 7.65. The number of sulfonamides is 2. The summed E-state index contributed by atoms with van der Waals surface area (Å²) >= 11 is 0. The highest BCUT2D eigenvalue weighted by Crippen LogP contribution is 2.27. The minimum atomic E-state index is -4.04. The number of hydrogen-bond donors (Lipinski definition) is 3. The third kappa shape index (κ3) is 6.04. The fourth-order valence-corrected chi connectivity index (χ4v) is 5.70. The quantitative estimate of drug-likeness (QED) is 0.266. The largest absolute Gasteiger partial charge is 0.495 e. The predicted molar refractivity (Wildman–Crippen MR) is 146 cm³/mol. The predicted octanol–water partition coefficient (Wildman–Crippen LogP) is 4.46. The Bertz CT molecular complexity index is 1750. The molecule has 0 aliphatic heterocycles. The highest BCUT2D eigenvalue weighted by atomic mass is 32.2. The number of amides is 1. The number of nitrogens with zero attached hydrogens (tertiary/aromatic N) is 1. The summed E-state index contributed by atoms with van der Waals surface area (Å²) in [6.45, 7) is 5.05. The maximum atomic E-state index is 13.0. The second-order valence-electron chi connectivity index (χ2n) is 8.59. The zero-order valence-corrected chi connectivity index (χ0v) is 23.1. The molecule has 4 aromatic rings. The van der Waals surface area contributed by atoms with Crippen LogP contribution in [0.2, 0.25) is 0 Å². The first-order valence-corrected chi connectivity index (χ1v) is 14.5. The van der Waals surface area contributed by atoms with Crippen LogP contribution < -0.4 is 19.5 Å². The Balaban J connectivity index is 1.52. The lowest BCUT2D eigenvalue weighted by Crippen LogP contribution is -2.17. The van der Waals surface area contributed by atoms with Crippen molar-refractivity contribution in [2.24, 2.45) is 0 Å². The molecule has 0 aliphatic rings. The van der Waals surface area contributed by atoms with Gasteiger partial charge in [0.05, 0.1) is 28.3 Å². The SMILES string of the molecule is COc1ccccc1NS(=O)(=O)c1ccc(C)c(C(=O)Nc2ccc(S(=O)(=O)Nc3onc(C)c3C)cc2)c1. The number of anilines is 3. The van der Waals surface area contributed by atoms with Crippen LogP contribution in [0.1, 0.15) is 27.2 Å². The van der Waals surface area contributed by atoms with E-state index in [1.54, 1.807) is 45.0 Å². The van der Waals surface area contributed by atoms with Crippen molar-refractivity contribution in [3.05, 3.63) is 89.1 Å². The van der Waals surface area contributed by atoms with Crippen molar-refractivity contribution in [2.45, 2.75) is 30.6 Å². The topological polar surface area (TPSA) is 157 Å². The van der Waals surface area contributed by atoms with E-state index in [-0.39, 0.29) is 26.9 Å². The molecule has 4 rings (SSSR count). The van der Waals surface area contributed by atoms with Crippen LogP contribution in [0.4, 0.5) is 17.3 Å². The summed E-state index contributed by atoms with van der Waals surface area (Å²) in [6.07, 6.45) is 0. The Morgan fingerprint density at radius 3 is 2.13 bits per heavy atom. The van der Waals surface area contributed by atoms with Gasteiger partial charge in [0.1, 0.15) is 5.75 Å². The first-order valence-electron chi connectivity index (χ1n) is 11.5. The second-order valence-corrected chi connectivity index (χ2v) is 12.0. The standard InChI is InChI=1S/C26H26N4O7S2/c1-16-9-12-21(39(34,35)29-23-7-5-6-8-24(23)36-4)15-22(16)25(31)27-19-10-13-20(14-11-19)38(32,33)30-26-17(2)18(3)28-37-26/h5-15,29-30H,1-4H3,(H,27,31). The highest BCUT2D eigenvalue weighted by molar-refractivity contribution is 7.93. The maximum Gasteiger partial charge on any atom is 0.264 e. The van der Waals surface area contributed by atoms with Gasteiger partial charge in [-0.25, -0.2) is 21.6 Å². The number of carbonyl (C=O) groups is 1. The zero-order valence-electron chi connectivity index (χ0n) is 21.5. The van der Waals surface area contributed by atoms with Crippen molar-refractivity contribution in [1.29, 1.82) is 0 Å². The number of benzene rings is 3. The Hall–Kier alpha value is -4.36. The van der Waals surface area contributed by atoms with E-state index in [4.69, 9.17) is 9.26 Å². The molecule has 11 nitrogen and oxygen atoms in total. The van der Waals surface area contributed by atoms with Crippen LogP contribution >= 0.6 is 0 Å². The van der Waals surface area contributed by atoms with Gasteiger partial charge in [-0.1, -0.05) is 23.4 Å². The second kappa shape index (κ2) is 10.8. The third-order valence-electron chi connectivity index (χ3n) is 5.92. The minimum absolute atomic E-state index is 0.0235. The van der Waals surface area contributed by atoms with Gasteiger partial charge in [-0.15, -0.1) is 0 Å². The van der Waals surface area contributed by atoms with Gasteiger partial charge in [0.25, 0.3) is 26.0 Å². The van der Waals surface area contributed by atoms with Gasteiger partial charge in [0.2, 0.25) is 5.88 Å². The van der Waals surface area contributed by atoms with Crippen LogP contribution in [0.5, 0.6) is 5.75 Å². The van der Waals surface area contributed by atoms with Crippen molar-refractivity contribution in [3.63, 3.8) is 0 Å². The molecule has 1 amide bonds. The lowest BCUT2D eigenvalue weighted by atomic mass is 10.1. The van der Waals surface area contributed by atoms with Crippen molar-refractivity contribution < 1.29 is 30.9 Å². The number of para-hydroxylation sites is 2. The lowest BCUT2D eigenvalue weighted by Gasteiger charge is -2.14. The molecule has 3 N–H and O–H groups in total. The molecule has 1 aromatic heterocycles. The zero-order chi connectivity index (χ0) is 28.4. The molecular weight excluding hydrogens is 544 g/mol. The molecule has 1 heterocycles. The van der Waals surface area contributed by atoms with Gasteiger partial charge in [0, 0.05) is 16.8 Å². The van der Waals surface area contributed by atoms with E-state index in [0.717, 1.165) is 0 Å². The van der Waals surface area contributed by atoms with Crippen molar-refractivity contribution in [2.75, 3.05) is 21.9 Å². The van der Waals surface area contributed by atoms with Gasteiger partial charge in [-0.3, -0.25) is 9.52 Å². The van der Waals surface area contributed by atoms with Gasteiger partial charge >= 0.3 is 0 Å². The first kappa shape index (κ1) is 27.7. The van der Waals surface area contributed by atoms with Crippen LogP contribution in [0, 0.1) is 20.8 Å². The molecule has 3 aromatic carbocycles. The number of nitrogens with one attached hydrogen (secondary N) is 3. The van der Waals surface area contributed by atoms with Crippen LogP contribution in [0.15, 0.2) is 81.0 Å². The van der Waals surface area contributed by atoms with Gasteiger partial charge in [0.15, 0.2) is 0 Å². The van der Waals surface area contributed by atoms with Crippen LogP contribution in [-0.2, 0) is 20.0 Å². The smallest absolute Gasteiger partial charge is 0.264 e. The van der Waals surface area contributed by atoms with Gasteiger partial charge in [-0.2, -0.15) is 0 Å². The number of methoxy groups -OCH3 is 1. The fourth-order valence-electron chi connectivity index (χ4n) is 3.55. The third-order valence-corrected chi connectivity index (χ3v) is 8.63. The normalized spacial score (nSPS) is 11.6. The van der Waals surface area contributed by atoms with Crippen molar-refractivity contribution in [1.82, 2.24) is 5.16 Å². The fraction of sp³-hybridized carbons (Fsp3) is 0.154. The van der Waals surface area contributed by atoms with E-state index >= 15 is 0 Å². The molecule has 0 spiro atoms. The summed E-state index contributed by atoms with van der Waals surface area (Å²) in [5.41, 5.74) is 2.38. The summed E-state index contributed by atoms with van der Waals surface area (Å²) in [5, 5.41) is 6.40. The molecule has 0 radical (unpaired) electrons. The molecular formula is C26H26N4O7S2. The lowest BCUT2D eigenvalue weighted by molar-refractivity contribution is 0.102. The molecule has 0 unspecified atom stereocenters. The van der Waals surface area contributed by atoms with E-state index in [9.17, 15) is 21.6 Å². The number of aromatic nitrogens is 1.